The van der Waals surface area contributed by atoms with Crippen LogP contribution in [0.3, 0.4) is 0 Å². The fourth-order valence-electron chi connectivity index (χ4n) is 3.18. The molecule has 150 valence electrons. The van der Waals surface area contributed by atoms with Crippen LogP contribution in [0.5, 0.6) is 0 Å². The van der Waals surface area contributed by atoms with Crippen molar-refractivity contribution in [1.29, 1.82) is 0 Å². The minimum Gasteiger partial charge on any atom is -0.465 e. The number of rotatable bonds is 6. The van der Waals surface area contributed by atoms with Gasteiger partial charge in [-0.05, 0) is 68.5 Å². The van der Waals surface area contributed by atoms with Crippen molar-refractivity contribution < 1.29 is 14.7 Å². The van der Waals surface area contributed by atoms with Crippen LogP contribution in [-0.4, -0.2) is 38.6 Å². The Morgan fingerprint density at radius 3 is 2.04 bits per heavy atom. The number of nitrogens with zero attached hydrogens (tertiary/aromatic N) is 2. The van der Waals surface area contributed by atoms with Gasteiger partial charge < -0.3 is 10.4 Å². The first-order valence-electron chi connectivity index (χ1n) is 9.43. The van der Waals surface area contributed by atoms with E-state index in [9.17, 15) is 14.7 Å². The van der Waals surface area contributed by atoms with E-state index in [1.54, 1.807) is 33.2 Å². The summed E-state index contributed by atoms with van der Waals surface area (Å²) in [5.41, 5.74) is 2.00. The molecule has 28 heavy (non-hydrogen) atoms. The average molecular weight is 383 g/mol. The molecule has 0 aliphatic carbocycles. The Bertz CT molecular complexity index is 796. The summed E-state index contributed by atoms with van der Waals surface area (Å²) in [4.78, 5) is 30.1. The smallest absolute Gasteiger partial charge is 0.408 e. The normalized spacial score (nSPS) is 12.5. The van der Waals surface area contributed by atoms with Crippen molar-refractivity contribution in [2.75, 3.05) is 5.32 Å². The standard InChI is InChI=1S/C22H29N3O3/c1-15(2)14-19(25(21(27)28)22(3,4)5)20(26)24-18-8-6-16(7-9-18)17-10-12-23-13-11-17/h6-13,15,19H,14H2,1-5H3,(H,24,26)(H,27,28)/t19-/m1/s1. The number of hydrogen-bond donors (Lipinski definition) is 2. The molecule has 0 bridgehead atoms. The Balaban J connectivity index is 2.22. The zero-order valence-corrected chi connectivity index (χ0v) is 17.1. The summed E-state index contributed by atoms with van der Waals surface area (Å²) in [6.45, 7) is 9.35. The number of carbonyl (C=O) groups is 2. The van der Waals surface area contributed by atoms with Gasteiger partial charge in [-0.15, -0.1) is 0 Å². The molecule has 0 aliphatic heterocycles. The van der Waals surface area contributed by atoms with Crippen molar-refractivity contribution in [3.05, 3.63) is 48.8 Å². The minimum absolute atomic E-state index is 0.175. The van der Waals surface area contributed by atoms with E-state index in [4.69, 9.17) is 0 Å². The summed E-state index contributed by atoms with van der Waals surface area (Å²) in [6, 6.07) is 10.5. The molecule has 0 saturated carbocycles. The average Bonchev–Trinajstić information content (AvgIpc) is 2.60. The molecule has 6 heteroatoms. The van der Waals surface area contributed by atoms with Crippen LogP contribution in [0.15, 0.2) is 48.8 Å². The van der Waals surface area contributed by atoms with Gasteiger partial charge in [-0.2, -0.15) is 0 Å². The van der Waals surface area contributed by atoms with Gasteiger partial charge in [0.15, 0.2) is 0 Å². The van der Waals surface area contributed by atoms with Crippen molar-refractivity contribution in [2.24, 2.45) is 5.92 Å². The number of carbonyl (C=O) groups excluding carboxylic acids is 1. The molecule has 2 N–H and O–H groups in total. The third-order valence-corrected chi connectivity index (χ3v) is 4.40. The second-order valence-electron chi connectivity index (χ2n) is 8.27. The molecule has 6 nitrogen and oxygen atoms in total. The van der Waals surface area contributed by atoms with Crippen LogP contribution in [0.25, 0.3) is 11.1 Å². The van der Waals surface area contributed by atoms with Gasteiger partial charge in [-0.1, -0.05) is 26.0 Å². The molecule has 2 rings (SSSR count). The van der Waals surface area contributed by atoms with Gasteiger partial charge in [0.2, 0.25) is 5.91 Å². The zero-order chi connectivity index (χ0) is 20.9. The third kappa shape index (κ3) is 5.55. The number of anilines is 1. The van der Waals surface area contributed by atoms with Gasteiger partial charge >= 0.3 is 6.09 Å². The lowest BCUT2D eigenvalue weighted by Gasteiger charge is -2.39. The SMILES string of the molecule is CC(C)C[C@H](C(=O)Nc1ccc(-c2ccncc2)cc1)N(C(=O)O)C(C)(C)C. The monoisotopic (exact) mass is 383 g/mol. The van der Waals surface area contributed by atoms with Crippen LogP contribution in [0.2, 0.25) is 0 Å². The number of benzene rings is 1. The van der Waals surface area contributed by atoms with E-state index < -0.39 is 17.7 Å². The zero-order valence-electron chi connectivity index (χ0n) is 17.1. The molecule has 2 amide bonds. The van der Waals surface area contributed by atoms with Gasteiger partial charge in [0.1, 0.15) is 6.04 Å². The molecular formula is C22H29N3O3. The topological polar surface area (TPSA) is 82.5 Å². The Labute approximate surface area is 166 Å². The largest absolute Gasteiger partial charge is 0.465 e. The van der Waals surface area contributed by atoms with Crippen molar-refractivity contribution in [3.8, 4) is 11.1 Å². The fourth-order valence-corrected chi connectivity index (χ4v) is 3.18. The molecule has 0 fully saturated rings. The summed E-state index contributed by atoms with van der Waals surface area (Å²) in [5, 5.41) is 12.6. The molecule has 0 aliphatic rings. The minimum atomic E-state index is -1.10. The summed E-state index contributed by atoms with van der Waals surface area (Å²) >= 11 is 0. The molecular weight excluding hydrogens is 354 g/mol. The molecule has 1 heterocycles. The van der Waals surface area contributed by atoms with Crippen LogP contribution in [0, 0.1) is 5.92 Å². The number of amides is 2. The lowest BCUT2D eigenvalue weighted by atomic mass is 9.96. The summed E-state index contributed by atoms with van der Waals surface area (Å²) < 4.78 is 0. The first kappa shape index (κ1) is 21.4. The second kappa shape index (κ2) is 8.87. The van der Waals surface area contributed by atoms with Crippen molar-refractivity contribution in [3.63, 3.8) is 0 Å². The van der Waals surface area contributed by atoms with E-state index in [1.807, 2.05) is 50.2 Å². The van der Waals surface area contributed by atoms with Crippen LogP contribution in [-0.2, 0) is 4.79 Å². The number of aromatic nitrogens is 1. The quantitative estimate of drug-likeness (QED) is 0.745. The van der Waals surface area contributed by atoms with Crippen molar-refractivity contribution in [1.82, 2.24) is 9.88 Å². The molecule has 2 aromatic rings. The van der Waals surface area contributed by atoms with Gasteiger partial charge in [0, 0.05) is 23.6 Å². The van der Waals surface area contributed by atoms with Crippen molar-refractivity contribution >= 4 is 17.7 Å². The van der Waals surface area contributed by atoms with Crippen LogP contribution in [0.4, 0.5) is 10.5 Å². The maximum Gasteiger partial charge on any atom is 0.408 e. The number of carboxylic acid groups (broad SMARTS) is 1. The van der Waals surface area contributed by atoms with E-state index in [2.05, 4.69) is 10.3 Å². The summed E-state index contributed by atoms with van der Waals surface area (Å²) in [7, 11) is 0. The Kier molecular flexibility index (Phi) is 6.78. The molecule has 0 spiro atoms. The lowest BCUT2D eigenvalue weighted by molar-refractivity contribution is -0.123. The number of hydrogen-bond acceptors (Lipinski definition) is 3. The third-order valence-electron chi connectivity index (χ3n) is 4.40. The van der Waals surface area contributed by atoms with Crippen LogP contribution >= 0.6 is 0 Å². The highest BCUT2D eigenvalue weighted by Crippen LogP contribution is 2.25. The van der Waals surface area contributed by atoms with Gasteiger partial charge in [-0.25, -0.2) is 4.79 Å². The van der Waals surface area contributed by atoms with Gasteiger partial charge in [0.25, 0.3) is 0 Å². The van der Waals surface area contributed by atoms with Gasteiger partial charge in [0.05, 0.1) is 0 Å². The van der Waals surface area contributed by atoms with E-state index in [0.717, 1.165) is 11.1 Å². The molecule has 1 atom stereocenters. The second-order valence-corrected chi connectivity index (χ2v) is 8.27. The predicted octanol–water partition coefficient (Wildman–Crippen LogP) is 4.88. The summed E-state index contributed by atoms with van der Waals surface area (Å²) in [6.07, 6.45) is 2.81. The molecule has 0 unspecified atom stereocenters. The highest BCUT2D eigenvalue weighted by molar-refractivity contribution is 5.96. The van der Waals surface area contributed by atoms with E-state index in [1.165, 1.54) is 4.90 Å². The molecule has 0 saturated heterocycles. The fraction of sp³-hybridized carbons (Fsp3) is 0.409. The Morgan fingerprint density at radius 1 is 1.04 bits per heavy atom. The van der Waals surface area contributed by atoms with Gasteiger partial charge in [-0.3, -0.25) is 14.7 Å². The molecule has 1 aromatic heterocycles. The van der Waals surface area contributed by atoms with E-state index in [-0.39, 0.29) is 11.8 Å². The van der Waals surface area contributed by atoms with Crippen LogP contribution < -0.4 is 5.32 Å². The van der Waals surface area contributed by atoms with Crippen LogP contribution in [0.1, 0.15) is 41.0 Å². The first-order chi connectivity index (χ1) is 13.1. The first-order valence-corrected chi connectivity index (χ1v) is 9.43. The maximum absolute atomic E-state index is 13.0. The van der Waals surface area contributed by atoms with E-state index in [0.29, 0.717) is 12.1 Å². The Hall–Kier alpha value is -2.89. The summed E-state index contributed by atoms with van der Waals surface area (Å²) in [5.74, 6) is -0.142. The molecule has 1 aromatic carbocycles. The molecule has 0 radical (unpaired) electrons. The highest BCUT2D eigenvalue weighted by Gasteiger charge is 2.37. The number of nitrogens with one attached hydrogen (secondary N) is 1. The van der Waals surface area contributed by atoms with Crippen molar-refractivity contribution in [2.45, 2.75) is 52.6 Å². The lowest BCUT2D eigenvalue weighted by Crippen LogP contribution is -2.55. The predicted molar refractivity (Wildman–Crippen MR) is 111 cm³/mol. The number of pyridine rings is 1. The van der Waals surface area contributed by atoms with E-state index >= 15 is 0 Å². The Morgan fingerprint density at radius 2 is 1.57 bits per heavy atom. The maximum atomic E-state index is 13.0. The highest BCUT2D eigenvalue weighted by atomic mass is 16.4.